The molecule has 0 aliphatic rings. The van der Waals surface area contributed by atoms with E-state index in [-0.39, 0.29) is 44.0 Å². The highest BCUT2D eigenvalue weighted by molar-refractivity contribution is 5.71. The van der Waals surface area contributed by atoms with Gasteiger partial charge in [-0.25, -0.2) is 0 Å². The molecule has 52 heavy (non-hydrogen) atoms. The smallest absolute Gasteiger partial charge is 0.306 e. The quantitative estimate of drug-likeness (QED) is 0.0277. The van der Waals surface area contributed by atoms with Gasteiger partial charge in [-0.2, -0.15) is 0 Å². The van der Waals surface area contributed by atoms with Crippen LogP contribution in [0.15, 0.2) is 72.9 Å². The van der Waals surface area contributed by atoms with Crippen LogP contribution in [-0.2, 0) is 28.6 Å². The molecule has 6 heteroatoms. The van der Waals surface area contributed by atoms with Gasteiger partial charge < -0.3 is 14.2 Å². The number of ether oxygens (including phenoxy) is 3. The molecule has 0 rings (SSSR count). The molecule has 6 nitrogen and oxygen atoms in total. The second-order valence-electron chi connectivity index (χ2n) is 13.5. The van der Waals surface area contributed by atoms with Crippen LogP contribution >= 0.6 is 0 Å². The first kappa shape index (κ1) is 48.9. The highest BCUT2D eigenvalue weighted by Crippen LogP contribution is 2.10. The summed E-state index contributed by atoms with van der Waals surface area (Å²) >= 11 is 0. The van der Waals surface area contributed by atoms with Crippen LogP contribution in [0.4, 0.5) is 0 Å². The summed E-state index contributed by atoms with van der Waals surface area (Å²) in [5.74, 6) is -1.08. The van der Waals surface area contributed by atoms with E-state index in [1.807, 2.05) is 6.08 Å². The van der Waals surface area contributed by atoms with Crippen LogP contribution in [0.3, 0.4) is 0 Å². The highest BCUT2D eigenvalue weighted by Gasteiger charge is 2.19. The van der Waals surface area contributed by atoms with Crippen molar-refractivity contribution in [1.82, 2.24) is 0 Å². The van der Waals surface area contributed by atoms with Gasteiger partial charge in [0.05, 0.1) is 0 Å². The molecule has 0 radical (unpaired) electrons. The van der Waals surface area contributed by atoms with Crippen molar-refractivity contribution in [1.29, 1.82) is 0 Å². The minimum atomic E-state index is -0.824. The molecule has 0 fully saturated rings. The fourth-order valence-electron chi connectivity index (χ4n) is 5.27. The average molecular weight is 725 g/mol. The van der Waals surface area contributed by atoms with Crippen molar-refractivity contribution in [3.63, 3.8) is 0 Å². The molecule has 1 unspecified atom stereocenters. The van der Waals surface area contributed by atoms with Gasteiger partial charge in [-0.3, -0.25) is 14.4 Å². The van der Waals surface area contributed by atoms with Crippen molar-refractivity contribution >= 4 is 17.9 Å². The molecular formula is C46H76O6. The lowest BCUT2D eigenvalue weighted by molar-refractivity contribution is -0.166. The van der Waals surface area contributed by atoms with Crippen LogP contribution in [-0.4, -0.2) is 37.2 Å². The maximum absolute atomic E-state index is 12.6. The van der Waals surface area contributed by atoms with Gasteiger partial charge in [0, 0.05) is 19.3 Å². The molecule has 0 heterocycles. The first-order valence-corrected chi connectivity index (χ1v) is 20.9. The molecule has 0 aromatic carbocycles. The second kappa shape index (κ2) is 40.6. The summed E-state index contributed by atoms with van der Waals surface area (Å²) in [6.07, 6.45) is 49.1. The molecule has 0 aliphatic carbocycles. The van der Waals surface area contributed by atoms with E-state index in [9.17, 15) is 14.4 Å². The van der Waals surface area contributed by atoms with E-state index in [0.717, 1.165) is 57.8 Å². The van der Waals surface area contributed by atoms with Crippen LogP contribution in [0.1, 0.15) is 181 Å². The van der Waals surface area contributed by atoms with Gasteiger partial charge in [-0.15, -0.1) is 0 Å². The Kier molecular flexibility index (Phi) is 38.2. The lowest BCUT2D eigenvalue weighted by Gasteiger charge is -2.18. The monoisotopic (exact) mass is 725 g/mol. The van der Waals surface area contributed by atoms with Gasteiger partial charge in [0.2, 0.25) is 0 Å². The Labute approximate surface area is 319 Å². The second-order valence-corrected chi connectivity index (χ2v) is 13.5. The third-order valence-corrected chi connectivity index (χ3v) is 8.43. The van der Waals surface area contributed by atoms with Crippen molar-refractivity contribution in [2.45, 2.75) is 187 Å². The Morgan fingerprint density at radius 2 is 0.808 bits per heavy atom. The topological polar surface area (TPSA) is 78.9 Å². The zero-order chi connectivity index (χ0) is 38.0. The fourth-order valence-corrected chi connectivity index (χ4v) is 5.27. The standard InChI is InChI=1S/C46H76O6/c1-4-7-10-13-16-19-21-23-25-27-30-33-36-39-45(48)51-42-43(41-50-44(47)38-35-32-29-26-18-15-12-9-6-3)52-46(49)40-37-34-31-28-24-22-20-17-14-11-8-5-2/h8,11,17,20,23-26,28-30,33,43H,4-7,9-10,12-16,18-19,21-22,27,31-32,34-42H2,1-3H3/b11-8-,20-17-,25-23-,28-24-,29-26-,33-30-. The Bertz CT molecular complexity index is 1020. The largest absolute Gasteiger partial charge is 0.462 e. The number of allylic oxidation sites excluding steroid dienone is 12. The Balaban J connectivity index is 4.55. The van der Waals surface area contributed by atoms with Gasteiger partial charge in [0.25, 0.3) is 0 Å². The molecule has 1 atom stereocenters. The van der Waals surface area contributed by atoms with Crippen LogP contribution < -0.4 is 0 Å². The van der Waals surface area contributed by atoms with Crippen LogP contribution in [0.2, 0.25) is 0 Å². The Morgan fingerprint density at radius 1 is 0.404 bits per heavy atom. The number of hydrogen-bond donors (Lipinski definition) is 0. The van der Waals surface area contributed by atoms with Crippen molar-refractivity contribution in [3.05, 3.63) is 72.9 Å². The van der Waals surface area contributed by atoms with E-state index in [0.29, 0.717) is 25.7 Å². The molecular weight excluding hydrogens is 648 g/mol. The molecule has 0 amide bonds. The van der Waals surface area contributed by atoms with Gasteiger partial charge in [-0.1, -0.05) is 145 Å². The predicted octanol–water partition coefficient (Wildman–Crippen LogP) is 13.1. The predicted molar refractivity (Wildman–Crippen MR) is 219 cm³/mol. The minimum absolute atomic E-state index is 0.124. The van der Waals surface area contributed by atoms with Crippen LogP contribution in [0.5, 0.6) is 0 Å². The van der Waals surface area contributed by atoms with Crippen LogP contribution in [0.25, 0.3) is 0 Å². The molecule has 0 aliphatic heterocycles. The number of esters is 3. The number of rotatable bonds is 36. The molecule has 0 aromatic heterocycles. The Hall–Kier alpha value is -3.15. The zero-order valence-corrected chi connectivity index (χ0v) is 33.5. The normalized spacial score (nSPS) is 12.8. The lowest BCUT2D eigenvalue weighted by atomic mass is 10.1. The third kappa shape index (κ3) is 38.1. The van der Waals surface area contributed by atoms with E-state index < -0.39 is 6.10 Å². The maximum Gasteiger partial charge on any atom is 0.306 e. The minimum Gasteiger partial charge on any atom is -0.462 e. The molecule has 0 saturated carbocycles. The lowest BCUT2D eigenvalue weighted by Crippen LogP contribution is -2.30. The van der Waals surface area contributed by atoms with E-state index in [1.165, 1.54) is 64.2 Å². The van der Waals surface area contributed by atoms with Crippen molar-refractivity contribution in [3.8, 4) is 0 Å². The van der Waals surface area contributed by atoms with Gasteiger partial charge in [0.15, 0.2) is 6.10 Å². The highest BCUT2D eigenvalue weighted by atomic mass is 16.6. The molecule has 0 N–H and O–H groups in total. The SMILES string of the molecule is CC/C=C\C/C=C\C/C=C\CCCCC(=O)OC(COC(=O)CC/C=C\C/C=C\CCCCCCCC)COC(=O)CCC/C=C\CCCCCC. The maximum atomic E-state index is 12.6. The molecule has 0 spiro atoms. The summed E-state index contributed by atoms with van der Waals surface area (Å²) in [6.45, 7) is 6.33. The fraction of sp³-hybridized carbons (Fsp3) is 0.674. The van der Waals surface area contributed by atoms with E-state index in [1.54, 1.807) is 0 Å². The first-order chi connectivity index (χ1) is 25.5. The molecule has 0 saturated heterocycles. The first-order valence-electron chi connectivity index (χ1n) is 20.9. The zero-order valence-electron chi connectivity index (χ0n) is 33.5. The molecule has 0 aromatic rings. The Morgan fingerprint density at radius 3 is 1.38 bits per heavy atom. The number of hydrogen-bond acceptors (Lipinski definition) is 6. The summed E-state index contributed by atoms with van der Waals surface area (Å²) in [6, 6.07) is 0. The molecule has 0 bridgehead atoms. The van der Waals surface area contributed by atoms with Gasteiger partial charge >= 0.3 is 17.9 Å². The third-order valence-electron chi connectivity index (χ3n) is 8.43. The van der Waals surface area contributed by atoms with Crippen molar-refractivity contribution in [2.75, 3.05) is 13.2 Å². The van der Waals surface area contributed by atoms with E-state index in [4.69, 9.17) is 14.2 Å². The van der Waals surface area contributed by atoms with E-state index in [2.05, 4.69) is 87.6 Å². The number of unbranched alkanes of at least 4 members (excludes halogenated alkanes) is 13. The summed E-state index contributed by atoms with van der Waals surface area (Å²) in [5, 5.41) is 0. The summed E-state index contributed by atoms with van der Waals surface area (Å²) in [4.78, 5) is 37.5. The van der Waals surface area contributed by atoms with Gasteiger partial charge in [-0.05, 0) is 89.9 Å². The van der Waals surface area contributed by atoms with Crippen LogP contribution in [0, 0.1) is 0 Å². The number of carbonyl (C=O) groups excluding carboxylic acids is 3. The summed E-state index contributed by atoms with van der Waals surface area (Å²) in [7, 11) is 0. The summed E-state index contributed by atoms with van der Waals surface area (Å²) in [5.41, 5.74) is 0. The summed E-state index contributed by atoms with van der Waals surface area (Å²) < 4.78 is 16.5. The molecule has 296 valence electrons. The average Bonchev–Trinajstić information content (AvgIpc) is 3.14. The number of carbonyl (C=O) groups is 3. The van der Waals surface area contributed by atoms with Gasteiger partial charge in [0.1, 0.15) is 13.2 Å². The van der Waals surface area contributed by atoms with Crippen molar-refractivity contribution in [2.24, 2.45) is 0 Å². The van der Waals surface area contributed by atoms with Crippen molar-refractivity contribution < 1.29 is 28.6 Å². The van der Waals surface area contributed by atoms with E-state index >= 15 is 0 Å².